The van der Waals surface area contributed by atoms with E-state index in [9.17, 15) is 4.39 Å². The highest BCUT2D eigenvalue weighted by atomic mass is 35.5. The molecule has 0 aliphatic rings. The Bertz CT molecular complexity index is 328. The Morgan fingerprint density at radius 2 is 2.12 bits per heavy atom. The van der Waals surface area contributed by atoms with Crippen LogP contribution in [0.1, 0.15) is 39.5 Å². The van der Waals surface area contributed by atoms with Gasteiger partial charge >= 0.3 is 0 Å². The fourth-order valence-corrected chi connectivity index (χ4v) is 1.83. The van der Waals surface area contributed by atoms with Gasteiger partial charge in [-0.2, -0.15) is 0 Å². The lowest BCUT2D eigenvalue weighted by atomic mass is 10.1. The van der Waals surface area contributed by atoms with Crippen molar-refractivity contribution in [3.8, 4) is 0 Å². The number of halogens is 2. The van der Waals surface area contributed by atoms with E-state index in [0.29, 0.717) is 6.04 Å². The highest BCUT2D eigenvalue weighted by molar-refractivity contribution is 6.31. The van der Waals surface area contributed by atoms with Gasteiger partial charge in [0.2, 0.25) is 0 Å². The zero-order chi connectivity index (χ0) is 12.0. The molecule has 0 spiro atoms. The van der Waals surface area contributed by atoms with Gasteiger partial charge in [0.25, 0.3) is 0 Å². The lowest BCUT2D eigenvalue weighted by Gasteiger charge is -2.18. The van der Waals surface area contributed by atoms with Crippen LogP contribution in [0.15, 0.2) is 18.2 Å². The van der Waals surface area contributed by atoms with Gasteiger partial charge < -0.3 is 5.32 Å². The Kier molecular flexibility index (Phi) is 5.61. The van der Waals surface area contributed by atoms with Crippen molar-refractivity contribution in [1.82, 2.24) is 0 Å². The van der Waals surface area contributed by atoms with Gasteiger partial charge in [0.15, 0.2) is 0 Å². The predicted octanol–water partition coefficient (Wildman–Crippen LogP) is 4.86. The van der Waals surface area contributed by atoms with Gasteiger partial charge in [-0.1, -0.05) is 38.3 Å². The molecule has 1 rings (SSSR count). The van der Waals surface area contributed by atoms with Gasteiger partial charge in [-0.3, -0.25) is 0 Å². The Labute approximate surface area is 102 Å². The van der Waals surface area contributed by atoms with E-state index in [-0.39, 0.29) is 10.8 Å². The molecule has 16 heavy (non-hydrogen) atoms. The van der Waals surface area contributed by atoms with Gasteiger partial charge in [-0.15, -0.1) is 0 Å². The van der Waals surface area contributed by atoms with E-state index < -0.39 is 0 Å². The van der Waals surface area contributed by atoms with Crippen LogP contribution in [0.3, 0.4) is 0 Å². The van der Waals surface area contributed by atoms with Crippen molar-refractivity contribution in [2.45, 2.75) is 45.6 Å². The average Bonchev–Trinajstić information content (AvgIpc) is 2.29. The van der Waals surface area contributed by atoms with E-state index in [1.807, 2.05) is 0 Å². The van der Waals surface area contributed by atoms with E-state index in [1.165, 1.54) is 18.9 Å². The third kappa shape index (κ3) is 4.01. The summed E-state index contributed by atoms with van der Waals surface area (Å²) in [6, 6.07) is 5.22. The van der Waals surface area contributed by atoms with Crippen LogP contribution in [-0.2, 0) is 0 Å². The van der Waals surface area contributed by atoms with Crippen LogP contribution in [0.25, 0.3) is 0 Å². The van der Waals surface area contributed by atoms with Gasteiger partial charge in [-0.05, 0) is 31.0 Å². The molecule has 0 fully saturated rings. The molecule has 90 valence electrons. The summed E-state index contributed by atoms with van der Waals surface area (Å²) in [6.07, 6.45) is 4.61. The van der Waals surface area contributed by atoms with Gasteiger partial charge in [0.1, 0.15) is 5.82 Å². The molecule has 0 aliphatic heterocycles. The minimum atomic E-state index is -0.367. The molecule has 1 N–H and O–H groups in total. The first-order chi connectivity index (χ1) is 7.67. The SMILES string of the molecule is CCCCC(CC)Nc1ccc(F)c(Cl)c1. The number of unbranched alkanes of at least 4 members (excludes halogenated alkanes) is 1. The first-order valence-electron chi connectivity index (χ1n) is 5.89. The number of rotatable bonds is 6. The maximum atomic E-state index is 13.0. The Morgan fingerprint density at radius 3 is 2.69 bits per heavy atom. The summed E-state index contributed by atoms with van der Waals surface area (Å²) < 4.78 is 13.0. The first-order valence-corrected chi connectivity index (χ1v) is 6.26. The Hall–Kier alpha value is -0.760. The van der Waals surface area contributed by atoms with Crippen LogP contribution in [0.2, 0.25) is 5.02 Å². The molecule has 0 heterocycles. The summed E-state index contributed by atoms with van der Waals surface area (Å²) in [4.78, 5) is 0. The zero-order valence-corrected chi connectivity index (χ0v) is 10.6. The fourth-order valence-electron chi connectivity index (χ4n) is 1.65. The minimum absolute atomic E-state index is 0.176. The highest BCUT2D eigenvalue weighted by Crippen LogP contribution is 2.21. The highest BCUT2D eigenvalue weighted by Gasteiger charge is 2.07. The first kappa shape index (κ1) is 13.3. The monoisotopic (exact) mass is 243 g/mol. The third-order valence-electron chi connectivity index (χ3n) is 2.69. The summed E-state index contributed by atoms with van der Waals surface area (Å²) in [7, 11) is 0. The standard InChI is InChI=1S/C13H19ClFN/c1-3-5-6-10(4-2)16-11-7-8-13(15)12(14)9-11/h7-10,16H,3-6H2,1-2H3. The molecule has 0 saturated carbocycles. The van der Waals surface area contributed by atoms with Crippen LogP contribution < -0.4 is 5.32 Å². The van der Waals surface area contributed by atoms with Crippen molar-refractivity contribution in [1.29, 1.82) is 0 Å². The van der Waals surface area contributed by atoms with E-state index in [1.54, 1.807) is 12.1 Å². The normalized spacial score (nSPS) is 12.5. The van der Waals surface area contributed by atoms with E-state index in [2.05, 4.69) is 19.2 Å². The molecular weight excluding hydrogens is 225 g/mol. The summed E-state index contributed by atoms with van der Waals surface area (Å²) in [5.41, 5.74) is 0.898. The molecule has 0 amide bonds. The van der Waals surface area contributed by atoms with Crippen molar-refractivity contribution in [3.63, 3.8) is 0 Å². The molecule has 1 atom stereocenters. The number of nitrogens with one attached hydrogen (secondary N) is 1. The second-order valence-electron chi connectivity index (χ2n) is 4.02. The average molecular weight is 244 g/mol. The number of hydrogen-bond donors (Lipinski definition) is 1. The lowest BCUT2D eigenvalue weighted by Crippen LogP contribution is -2.18. The maximum absolute atomic E-state index is 13.0. The molecule has 0 aliphatic carbocycles. The van der Waals surface area contributed by atoms with Crippen LogP contribution in [-0.4, -0.2) is 6.04 Å². The topological polar surface area (TPSA) is 12.0 Å². The van der Waals surface area contributed by atoms with Gasteiger partial charge in [0.05, 0.1) is 5.02 Å². The van der Waals surface area contributed by atoms with Crippen molar-refractivity contribution in [2.75, 3.05) is 5.32 Å². The Balaban J connectivity index is 2.59. The summed E-state index contributed by atoms with van der Waals surface area (Å²) in [6.45, 7) is 4.33. The molecule has 0 saturated heterocycles. The number of anilines is 1. The molecule has 3 heteroatoms. The lowest BCUT2D eigenvalue weighted by molar-refractivity contribution is 0.592. The van der Waals surface area contributed by atoms with E-state index >= 15 is 0 Å². The Morgan fingerprint density at radius 1 is 1.38 bits per heavy atom. The van der Waals surface area contributed by atoms with Crippen LogP contribution in [0, 0.1) is 5.82 Å². The molecular formula is C13H19ClFN. The molecule has 1 unspecified atom stereocenters. The summed E-state index contributed by atoms with van der Waals surface area (Å²) >= 11 is 5.73. The quantitative estimate of drug-likeness (QED) is 0.752. The molecule has 1 aromatic carbocycles. The predicted molar refractivity (Wildman–Crippen MR) is 68.6 cm³/mol. The molecule has 1 aromatic rings. The van der Waals surface area contributed by atoms with Crippen molar-refractivity contribution < 1.29 is 4.39 Å². The molecule has 0 aromatic heterocycles. The van der Waals surface area contributed by atoms with Crippen LogP contribution in [0.5, 0.6) is 0 Å². The van der Waals surface area contributed by atoms with Gasteiger partial charge in [-0.25, -0.2) is 4.39 Å². The summed E-state index contributed by atoms with van der Waals surface area (Å²) in [5.74, 6) is -0.367. The molecule has 0 radical (unpaired) electrons. The molecule has 0 bridgehead atoms. The van der Waals surface area contributed by atoms with E-state index in [4.69, 9.17) is 11.6 Å². The second kappa shape index (κ2) is 6.74. The van der Waals surface area contributed by atoms with Crippen molar-refractivity contribution in [3.05, 3.63) is 29.0 Å². The summed E-state index contributed by atoms with van der Waals surface area (Å²) in [5, 5.41) is 3.56. The van der Waals surface area contributed by atoms with E-state index in [0.717, 1.165) is 18.5 Å². The number of benzene rings is 1. The van der Waals surface area contributed by atoms with Crippen molar-refractivity contribution >= 4 is 17.3 Å². The largest absolute Gasteiger partial charge is 0.382 e. The smallest absolute Gasteiger partial charge is 0.141 e. The fraction of sp³-hybridized carbons (Fsp3) is 0.538. The third-order valence-corrected chi connectivity index (χ3v) is 2.98. The molecule has 1 nitrogen and oxygen atoms in total. The minimum Gasteiger partial charge on any atom is -0.382 e. The maximum Gasteiger partial charge on any atom is 0.141 e. The van der Waals surface area contributed by atoms with Crippen molar-refractivity contribution in [2.24, 2.45) is 0 Å². The zero-order valence-electron chi connectivity index (χ0n) is 9.89. The second-order valence-corrected chi connectivity index (χ2v) is 4.43. The van der Waals surface area contributed by atoms with Gasteiger partial charge in [0, 0.05) is 11.7 Å². The van der Waals surface area contributed by atoms with Crippen LogP contribution >= 0.6 is 11.6 Å². The van der Waals surface area contributed by atoms with Crippen LogP contribution in [0.4, 0.5) is 10.1 Å². The number of hydrogen-bond acceptors (Lipinski definition) is 1.